The molecule has 6 heteroatoms. The predicted molar refractivity (Wildman–Crippen MR) is 76.9 cm³/mol. The Morgan fingerprint density at radius 3 is 2.57 bits per heavy atom. The van der Waals surface area contributed by atoms with E-state index in [1.165, 1.54) is 12.1 Å². The van der Waals surface area contributed by atoms with Crippen LogP contribution in [0.1, 0.15) is 18.9 Å². The van der Waals surface area contributed by atoms with E-state index >= 15 is 0 Å². The summed E-state index contributed by atoms with van der Waals surface area (Å²) >= 11 is 0. The molecule has 21 heavy (non-hydrogen) atoms. The van der Waals surface area contributed by atoms with E-state index in [0.29, 0.717) is 0 Å². The lowest BCUT2D eigenvalue weighted by Crippen LogP contribution is -2.46. The molecule has 1 heterocycles. The number of phenols is 1. The molecule has 1 fully saturated rings. The van der Waals surface area contributed by atoms with Crippen LogP contribution in [0.4, 0.5) is 0 Å². The molecule has 1 amide bonds. The van der Waals surface area contributed by atoms with Crippen LogP contribution < -0.4 is 10.6 Å². The Morgan fingerprint density at radius 1 is 1.38 bits per heavy atom. The Bertz CT molecular complexity index is 515. The zero-order chi connectivity index (χ0) is 15.4. The first-order valence-electron chi connectivity index (χ1n) is 7.02. The monoisotopic (exact) mass is 292 g/mol. The third-order valence-electron chi connectivity index (χ3n) is 3.85. The van der Waals surface area contributed by atoms with Gasteiger partial charge < -0.3 is 20.8 Å². The number of benzene rings is 1. The lowest BCUT2D eigenvalue weighted by molar-refractivity contribution is -0.142. The SMILES string of the molecule is CC1NCCC1C(=O)N[C@H](Cc1ccc(O)cc1)C(=O)O. The van der Waals surface area contributed by atoms with Gasteiger partial charge in [-0.1, -0.05) is 12.1 Å². The number of carboxylic acid groups (broad SMARTS) is 1. The number of aromatic hydroxyl groups is 1. The summed E-state index contributed by atoms with van der Waals surface area (Å²) in [5.41, 5.74) is 0.748. The summed E-state index contributed by atoms with van der Waals surface area (Å²) in [6.45, 7) is 2.70. The number of hydrogen-bond donors (Lipinski definition) is 4. The van der Waals surface area contributed by atoms with E-state index in [4.69, 9.17) is 0 Å². The molecule has 1 aromatic rings. The van der Waals surface area contributed by atoms with Crippen LogP contribution in [0, 0.1) is 5.92 Å². The molecular formula is C15H20N2O4. The Hall–Kier alpha value is -2.08. The molecule has 6 nitrogen and oxygen atoms in total. The van der Waals surface area contributed by atoms with Crippen LogP contribution in [0.3, 0.4) is 0 Å². The number of carbonyl (C=O) groups is 2. The smallest absolute Gasteiger partial charge is 0.326 e. The average Bonchev–Trinajstić information content (AvgIpc) is 2.86. The highest BCUT2D eigenvalue weighted by Crippen LogP contribution is 2.16. The fourth-order valence-electron chi connectivity index (χ4n) is 2.56. The van der Waals surface area contributed by atoms with Crippen LogP contribution in [0.2, 0.25) is 0 Å². The van der Waals surface area contributed by atoms with E-state index in [1.54, 1.807) is 12.1 Å². The minimum atomic E-state index is -1.06. The van der Waals surface area contributed by atoms with Crippen molar-refractivity contribution >= 4 is 11.9 Å². The van der Waals surface area contributed by atoms with Crippen molar-refractivity contribution in [1.29, 1.82) is 0 Å². The van der Waals surface area contributed by atoms with Gasteiger partial charge in [0.15, 0.2) is 0 Å². The maximum absolute atomic E-state index is 12.2. The van der Waals surface area contributed by atoms with E-state index in [2.05, 4.69) is 10.6 Å². The molecule has 0 spiro atoms. The minimum absolute atomic E-state index is 0.0631. The van der Waals surface area contributed by atoms with Gasteiger partial charge in [0.2, 0.25) is 5.91 Å². The maximum atomic E-state index is 12.2. The summed E-state index contributed by atoms with van der Waals surface area (Å²) < 4.78 is 0. The molecule has 0 radical (unpaired) electrons. The minimum Gasteiger partial charge on any atom is -0.508 e. The summed E-state index contributed by atoms with van der Waals surface area (Å²) in [4.78, 5) is 23.5. The van der Waals surface area contributed by atoms with Gasteiger partial charge in [0.25, 0.3) is 0 Å². The van der Waals surface area contributed by atoms with Gasteiger partial charge in [-0.15, -0.1) is 0 Å². The molecule has 2 rings (SSSR count). The number of hydrogen-bond acceptors (Lipinski definition) is 4. The zero-order valence-corrected chi connectivity index (χ0v) is 11.9. The molecule has 114 valence electrons. The van der Waals surface area contributed by atoms with Gasteiger partial charge in [0.1, 0.15) is 11.8 Å². The van der Waals surface area contributed by atoms with E-state index < -0.39 is 12.0 Å². The summed E-state index contributed by atoms with van der Waals surface area (Å²) in [5, 5.41) is 24.3. The molecule has 0 bridgehead atoms. The van der Waals surface area contributed by atoms with E-state index in [9.17, 15) is 19.8 Å². The summed E-state index contributed by atoms with van der Waals surface area (Å²) in [6, 6.07) is 5.40. The first kappa shape index (κ1) is 15.3. The highest BCUT2D eigenvalue weighted by atomic mass is 16.4. The number of aliphatic carboxylic acids is 1. The number of nitrogens with one attached hydrogen (secondary N) is 2. The Morgan fingerprint density at radius 2 is 2.05 bits per heavy atom. The normalized spacial score (nSPS) is 22.7. The number of amides is 1. The molecule has 2 unspecified atom stereocenters. The standard InChI is InChI=1S/C15H20N2O4/c1-9-12(6-7-16-9)14(19)17-13(15(20)21)8-10-2-4-11(18)5-3-10/h2-5,9,12-13,16,18H,6-8H2,1H3,(H,17,19)(H,20,21)/t9?,12?,13-/m1/s1. The number of rotatable bonds is 5. The van der Waals surface area contributed by atoms with Gasteiger partial charge in [-0.2, -0.15) is 0 Å². The van der Waals surface area contributed by atoms with Crippen molar-refractivity contribution in [1.82, 2.24) is 10.6 Å². The van der Waals surface area contributed by atoms with Crippen LogP contribution in [-0.2, 0) is 16.0 Å². The number of carbonyl (C=O) groups excluding carboxylic acids is 1. The zero-order valence-electron chi connectivity index (χ0n) is 11.9. The molecule has 1 saturated heterocycles. The molecule has 1 aromatic carbocycles. The molecule has 1 aliphatic heterocycles. The maximum Gasteiger partial charge on any atom is 0.326 e. The van der Waals surface area contributed by atoms with Crippen molar-refractivity contribution in [3.05, 3.63) is 29.8 Å². The predicted octanol–water partition coefficient (Wildman–Crippen LogP) is 0.502. The fourth-order valence-corrected chi connectivity index (χ4v) is 2.56. The van der Waals surface area contributed by atoms with Crippen LogP contribution in [-0.4, -0.2) is 40.7 Å². The third kappa shape index (κ3) is 3.95. The topological polar surface area (TPSA) is 98.7 Å². The third-order valence-corrected chi connectivity index (χ3v) is 3.85. The number of carboxylic acids is 1. The van der Waals surface area contributed by atoms with E-state index in [0.717, 1.165) is 18.5 Å². The second-order valence-corrected chi connectivity index (χ2v) is 5.41. The van der Waals surface area contributed by atoms with Crippen LogP contribution >= 0.6 is 0 Å². The van der Waals surface area contributed by atoms with Crippen molar-refractivity contribution < 1.29 is 19.8 Å². The quantitative estimate of drug-likeness (QED) is 0.633. The highest BCUT2D eigenvalue weighted by molar-refractivity contribution is 5.85. The molecule has 4 N–H and O–H groups in total. The van der Waals surface area contributed by atoms with Gasteiger partial charge in [-0.3, -0.25) is 4.79 Å². The average molecular weight is 292 g/mol. The molecule has 0 aliphatic carbocycles. The van der Waals surface area contributed by atoms with E-state index in [1.807, 2.05) is 6.92 Å². The molecular weight excluding hydrogens is 272 g/mol. The van der Waals surface area contributed by atoms with Gasteiger partial charge in [-0.25, -0.2) is 4.79 Å². The van der Waals surface area contributed by atoms with Crippen molar-refractivity contribution in [3.63, 3.8) is 0 Å². The van der Waals surface area contributed by atoms with Crippen LogP contribution in [0.25, 0.3) is 0 Å². The Balaban J connectivity index is 2.00. The van der Waals surface area contributed by atoms with Crippen LogP contribution in [0.5, 0.6) is 5.75 Å². The fraction of sp³-hybridized carbons (Fsp3) is 0.467. The van der Waals surface area contributed by atoms with Gasteiger partial charge in [-0.05, 0) is 37.6 Å². The first-order chi connectivity index (χ1) is 9.97. The first-order valence-corrected chi connectivity index (χ1v) is 7.02. The lowest BCUT2D eigenvalue weighted by atomic mass is 9.99. The molecule has 1 aliphatic rings. The van der Waals surface area contributed by atoms with Crippen LogP contribution in [0.15, 0.2) is 24.3 Å². The van der Waals surface area contributed by atoms with Crippen molar-refractivity contribution in [2.45, 2.75) is 31.8 Å². The van der Waals surface area contributed by atoms with Crippen molar-refractivity contribution in [2.75, 3.05) is 6.54 Å². The van der Waals surface area contributed by atoms with Gasteiger partial charge in [0, 0.05) is 12.5 Å². The highest BCUT2D eigenvalue weighted by Gasteiger charge is 2.32. The Labute approximate surface area is 123 Å². The molecule has 3 atom stereocenters. The largest absolute Gasteiger partial charge is 0.508 e. The van der Waals surface area contributed by atoms with Crippen molar-refractivity contribution in [3.8, 4) is 5.75 Å². The number of phenolic OH excluding ortho intramolecular Hbond substituents is 1. The summed E-state index contributed by atoms with van der Waals surface area (Å²) in [5.74, 6) is -1.35. The van der Waals surface area contributed by atoms with Gasteiger partial charge in [0.05, 0.1) is 5.92 Å². The molecule has 0 aromatic heterocycles. The second-order valence-electron chi connectivity index (χ2n) is 5.41. The summed E-state index contributed by atoms with van der Waals surface area (Å²) in [7, 11) is 0. The second kappa shape index (κ2) is 6.58. The lowest BCUT2D eigenvalue weighted by Gasteiger charge is -2.19. The van der Waals surface area contributed by atoms with Gasteiger partial charge >= 0.3 is 5.97 Å². The molecule has 0 saturated carbocycles. The Kier molecular flexibility index (Phi) is 4.80. The summed E-state index contributed by atoms with van der Waals surface area (Å²) in [6.07, 6.45) is 0.911. The van der Waals surface area contributed by atoms with Crippen molar-refractivity contribution in [2.24, 2.45) is 5.92 Å². The van der Waals surface area contributed by atoms with E-state index in [-0.39, 0.29) is 30.0 Å².